The number of carbonyl (C=O) groups excluding carboxylic acids is 1. The highest BCUT2D eigenvalue weighted by Gasteiger charge is 2.46. The van der Waals surface area contributed by atoms with Crippen molar-refractivity contribution in [2.75, 3.05) is 6.54 Å². The molecular weight excluding hydrogens is 260 g/mol. The van der Waals surface area contributed by atoms with E-state index in [0.717, 1.165) is 13.0 Å². The third-order valence-electron chi connectivity index (χ3n) is 5.96. The Morgan fingerprint density at radius 3 is 2.43 bits per heavy atom. The van der Waals surface area contributed by atoms with Crippen LogP contribution in [-0.2, 0) is 4.79 Å². The Morgan fingerprint density at radius 2 is 1.90 bits per heavy atom. The summed E-state index contributed by atoms with van der Waals surface area (Å²) >= 11 is 0. The molecule has 3 nitrogen and oxygen atoms in total. The van der Waals surface area contributed by atoms with E-state index in [-0.39, 0.29) is 6.04 Å². The van der Waals surface area contributed by atoms with Crippen molar-refractivity contribution >= 4 is 5.91 Å². The fraction of sp³-hybridized carbons (Fsp3) is 0.944. The van der Waals surface area contributed by atoms with E-state index in [4.69, 9.17) is 0 Å². The van der Waals surface area contributed by atoms with Gasteiger partial charge in [0, 0.05) is 6.54 Å². The first kappa shape index (κ1) is 15.3. The highest BCUT2D eigenvalue weighted by atomic mass is 16.2. The number of nitrogens with zero attached hydrogens (tertiary/aromatic N) is 1. The van der Waals surface area contributed by atoms with E-state index < -0.39 is 0 Å². The smallest absolute Gasteiger partial charge is 0.241 e. The molecule has 2 unspecified atom stereocenters. The van der Waals surface area contributed by atoms with Gasteiger partial charge in [-0.25, -0.2) is 0 Å². The molecule has 0 bridgehead atoms. The monoisotopic (exact) mass is 292 g/mol. The van der Waals surface area contributed by atoms with Gasteiger partial charge < -0.3 is 4.90 Å². The summed E-state index contributed by atoms with van der Waals surface area (Å²) in [5, 5.41) is 3.71. The molecule has 1 saturated heterocycles. The summed E-state index contributed by atoms with van der Waals surface area (Å²) in [6.45, 7) is 7.78. The molecule has 3 rings (SSSR count). The topological polar surface area (TPSA) is 32.3 Å². The summed E-state index contributed by atoms with van der Waals surface area (Å²) in [5.74, 6) is 1.65. The Morgan fingerprint density at radius 1 is 1.24 bits per heavy atom. The van der Waals surface area contributed by atoms with Crippen LogP contribution in [0.25, 0.3) is 0 Å². The summed E-state index contributed by atoms with van der Waals surface area (Å²) in [4.78, 5) is 15.1. The summed E-state index contributed by atoms with van der Waals surface area (Å²) in [7, 11) is 0. The first-order valence-electron chi connectivity index (χ1n) is 9.05. The fourth-order valence-corrected chi connectivity index (χ4v) is 4.53. The lowest BCUT2D eigenvalue weighted by molar-refractivity contribution is -0.133. The molecule has 0 spiro atoms. The van der Waals surface area contributed by atoms with Crippen LogP contribution in [0.15, 0.2) is 0 Å². The Kier molecular flexibility index (Phi) is 4.31. The van der Waals surface area contributed by atoms with Crippen LogP contribution in [0, 0.1) is 17.3 Å². The van der Waals surface area contributed by atoms with Gasteiger partial charge in [0.1, 0.15) is 0 Å². The van der Waals surface area contributed by atoms with E-state index in [9.17, 15) is 4.79 Å². The number of hydrogen-bond donors (Lipinski definition) is 1. The van der Waals surface area contributed by atoms with E-state index in [1.54, 1.807) is 0 Å². The Bertz CT molecular complexity index is 383. The zero-order chi connectivity index (χ0) is 15.0. The Hall–Kier alpha value is -0.570. The van der Waals surface area contributed by atoms with Crippen LogP contribution in [-0.4, -0.2) is 29.6 Å². The second-order valence-corrected chi connectivity index (χ2v) is 8.47. The Labute approximate surface area is 129 Å². The summed E-state index contributed by atoms with van der Waals surface area (Å²) in [5.41, 5.74) is 0.390. The van der Waals surface area contributed by atoms with Gasteiger partial charge in [-0.05, 0) is 49.4 Å². The molecule has 21 heavy (non-hydrogen) atoms. The predicted molar refractivity (Wildman–Crippen MR) is 85.8 cm³/mol. The molecule has 3 heteroatoms. The number of nitrogens with one attached hydrogen (secondary N) is 1. The highest BCUT2D eigenvalue weighted by molar-refractivity contribution is 5.84. The molecule has 3 fully saturated rings. The van der Waals surface area contributed by atoms with Crippen molar-refractivity contribution in [1.29, 1.82) is 0 Å². The number of carbonyl (C=O) groups is 1. The van der Waals surface area contributed by atoms with Gasteiger partial charge in [-0.15, -0.1) is 0 Å². The first-order valence-corrected chi connectivity index (χ1v) is 9.05. The van der Waals surface area contributed by atoms with Gasteiger partial charge in [-0.2, -0.15) is 0 Å². The molecule has 2 saturated carbocycles. The molecule has 0 aromatic heterocycles. The Balaban J connectivity index is 1.72. The number of rotatable bonds is 5. The summed E-state index contributed by atoms with van der Waals surface area (Å²) in [6.07, 6.45) is 10.5. The lowest BCUT2D eigenvalue weighted by Gasteiger charge is -2.43. The van der Waals surface area contributed by atoms with Gasteiger partial charge in [0.05, 0.1) is 12.2 Å². The molecule has 0 radical (unpaired) electrons. The fourth-order valence-electron chi connectivity index (χ4n) is 4.53. The molecule has 1 aliphatic heterocycles. The molecule has 120 valence electrons. The standard InChI is InChI=1S/C18H32N2O/c1-13(2)11-15-17(21)20(12-18(3)9-6-10-18)16(19-15)14-7-4-5-8-14/h13-16,19H,4-12H2,1-3H3. The maximum atomic E-state index is 12.9. The van der Waals surface area contributed by atoms with Crippen molar-refractivity contribution in [3.8, 4) is 0 Å². The molecule has 2 aliphatic carbocycles. The van der Waals surface area contributed by atoms with E-state index >= 15 is 0 Å². The van der Waals surface area contributed by atoms with Gasteiger partial charge in [0.15, 0.2) is 0 Å². The van der Waals surface area contributed by atoms with Gasteiger partial charge in [-0.3, -0.25) is 10.1 Å². The third-order valence-corrected chi connectivity index (χ3v) is 5.96. The van der Waals surface area contributed by atoms with Crippen LogP contribution < -0.4 is 5.32 Å². The largest absolute Gasteiger partial charge is 0.325 e. The lowest BCUT2D eigenvalue weighted by atomic mass is 9.70. The third kappa shape index (κ3) is 3.13. The molecular formula is C18H32N2O. The molecule has 0 aromatic carbocycles. The van der Waals surface area contributed by atoms with Gasteiger partial charge in [0.25, 0.3) is 0 Å². The van der Waals surface area contributed by atoms with Crippen molar-refractivity contribution in [3.63, 3.8) is 0 Å². The minimum Gasteiger partial charge on any atom is -0.325 e. The van der Waals surface area contributed by atoms with E-state index in [0.29, 0.717) is 29.3 Å². The maximum Gasteiger partial charge on any atom is 0.241 e. The van der Waals surface area contributed by atoms with Crippen LogP contribution in [0.1, 0.15) is 72.1 Å². The SMILES string of the molecule is CC(C)CC1NC(C2CCCC2)N(CC2(C)CCC2)C1=O. The van der Waals surface area contributed by atoms with Crippen molar-refractivity contribution < 1.29 is 4.79 Å². The lowest BCUT2D eigenvalue weighted by Crippen LogP contribution is -2.48. The molecule has 0 aromatic rings. The van der Waals surface area contributed by atoms with Gasteiger partial charge >= 0.3 is 0 Å². The van der Waals surface area contributed by atoms with E-state index in [2.05, 4.69) is 31.0 Å². The van der Waals surface area contributed by atoms with Crippen molar-refractivity contribution in [1.82, 2.24) is 10.2 Å². The minimum absolute atomic E-state index is 0.0688. The summed E-state index contributed by atoms with van der Waals surface area (Å²) in [6, 6.07) is 0.0688. The first-order chi connectivity index (χ1) is 9.98. The minimum atomic E-state index is 0.0688. The van der Waals surface area contributed by atoms with Crippen LogP contribution in [0.2, 0.25) is 0 Å². The maximum absolute atomic E-state index is 12.9. The predicted octanol–water partition coefficient (Wildman–Crippen LogP) is 3.54. The average molecular weight is 292 g/mol. The number of hydrogen-bond acceptors (Lipinski definition) is 2. The van der Waals surface area contributed by atoms with Crippen molar-refractivity contribution in [3.05, 3.63) is 0 Å². The van der Waals surface area contributed by atoms with Crippen molar-refractivity contribution in [2.24, 2.45) is 17.3 Å². The van der Waals surface area contributed by atoms with Crippen LogP contribution in [0.3, 0.4) is 0 Å². The number of amides is 1. The van der Waals surface area contributed by atoms with Gasteiger partial charge in [0.2, 0.25) is 5.91 Å². The van der Waals surface area contributed by atoms with E-state index in [1.807, 2.05) is 0 Å². The van der Waals surface area contributed by atoms with E-state index in [1.165, 1.54) is 44.9 Å². The molecule has 3 aliphatic rings. The van der Waals surface area contributed by atoms with Crippen LogP contribution in [0.4, 0.5) is 0 Å². The molecule has 1 N–H and O–H groups in total. The summed E-state index contributed by atoms with van der Waals surface area (Å²) < 4.78 is 0. The quantitative estimate of drug-likeness (QED) is 0.840. The average Bonchev–Trinajstić information content (AvgIpc) is 2.99. The normalized spacial score (nSPS) is 33.0. The second-order valence-electron chi connectivity index (χ2n) is 8.47. The van der Waals surface area contributed by atoms with Crippen LogP contribution in [0.5, 0.6) is 0 Å². The van der Waals surface area contributed by atoms with Crippen LogP contribution >= 0.6 is 0 Å². The van der Waals surface area contributed by atoms with Gasteiger partial charge in [-0.1, -0.05) is 40.0 Å². The second kappa shape index (κ2) is 5.91. The van der Waals surface area contributed by atoms with Crippen molar-refractivity contribution in [2.45, 2.75) is 84.3 Å². The highest BCUT2D eigenvalue weighted by Crippen LogP contribution is 2.43. The molecule has 1 heterocycles. The zero-order valence-electron chi connectivity index (χ0n) is 14.0. The molecule has 2 atom stereocenters. The zero-order valence-corrected chi connectivity index (χ0v) is 14.0. The molecule has 1 amide bonds.